The average Bonchev–Trinajstić information content (AvgIpc) is 3.52. The quantitative estimate of drug-likeness (QED) is 0.592. The molecule has 0 fully saturated rings. The lowest BCUT2D eigenvalue weighted by Gasteiger charge is -2.25. The van der Waals surface area contributed by atoms with Crippen molar-refractivity contribution in [3.63, 3.8) is 0 Å². The molecule has 2 atom stereocenters. The van der Waals surface area contributed by atoms with Crippen LogP contribution < -0.4 is 15.5 Å². The van der Waals surface area contributed by atoms with E-state index in [1.165, 1.54) is 0 Å². The number of aromatic nitrogens is 4. The summed E-state index contributed by atoms with van der Waals surface area (Å²) in [5.74, 6) is 2.66. The minimum Gasteiger partial charge on any atom is -0.357 e. The number of pyridine rings is 1. The van der Waals surface area contributed by atoms with Gasteiger partial charge in [-0.25, -0.2) is 4.98 Å². The molecular formula is C26H33N7O. The highest BCUT2D eigenvalue weighted by atomic mass is 16.2. The summed E-state index contributed by atoms with van der Waals surface area (Å²) < 4.78 is 2.22. The Morgan fingerprint density at radius 1 is 1.24 bits per heavy atom. The molecule has 2 aliphatic rings. The van der Waals surface area contributed by atoms with Crippen molar-refractivity contribution in [2.75, 3.05) is 16.8 Å². The van der Waals surface area contributed by atoms with E-state index in [-0.39, 0.29) is 18.0 Å². The second kappa shape index (κ2) is 8.51. The number of anilines is 2. The molecular weight excluding hydrogens is 426 g/mol. The number of benzene rings is 1. The Kier molecular flexibility index (Phi) is 5.64. The van der Waals surface area contributed by atoms with Crippen molar-refractivity contribution in [2.24, 2.45) is 5.73 Å². The fourth-order valence-corrected chi connectivity index (χ4v) is 4.90. The maximum atomic E-state index is 13.6. The number of fused-ring (bicyclic) bond motifs is 2. The maximum absolute atomic E-state index is 13.6. The first kappa shape index (κ1) is 22.5. The van der Waals surface area contributed by atoms with E-state index in [0.29, 0.717) is 18.2 Å². The summed E-state index contributed by atoms with van der Waals surface area (Å²) in [6.07, 6.45) is 2.79. The number of rotatable bonds is 6. The zero-order valence-electron chi connectivity index (χ0n) is 20.6. The third kappa shape index (κ3) is 3.57. The van der Waals surface area contributed by atoms with Gasteiger partial charge in [0.15, 0.2) is 5.82 Å². The summed E-state index contributed by atoms with van der Waals surface area (Å²) in [5, 5.41) is 8.84. The van der Waals surface area contributed by atoms with E-state index in [9.17, 15) is 4.79 Å². The Bertz CT molecular complexity index is 1250. The maximum Gasteiger partial charge on any atom is 0.259 e. The van der Waals surface area contributed by atoms with Gasteiger partial charge in [0.25, 0.3) is 5.91 Å². The minimum absolute atomic E-state index is 0.0163. The Balaban J connectivity index is 1.54. The van der Waals surface area contributed by atoms with E-state index in [0.717, 1.165) is 59.2 Å². The Labute approximate surface area is 200 Å². The average molecular weight is 460 g/mol. The number of nitrogens with two attached hydrogens (primary N) is 1. The van der Waals surface area contributed by atoms with Gasteiger partial charge in [0, 0.05) is 48.4 Å². The van der Waals surface area contributed by atoms with Crippen molar-refractivity contribution in [2.45, 2.75) is 71.6 Å². The molecule has 1 amide bonds. The van der Waals surface area contributed by atoms with E-state index < -0.39 is 0 Å². The van der Waals surface area contributed by atoms with Gasteiger partial charge in [-0.05, 0) is 51.8 Å². The molecule has 2 aromatic heterocycles. The third-order valence-electron chi connectivity index (χ3n) is 7.27. The van der Waals surface area contributed by atoms with Crippen molar-refractivity contribution < 1.29 is 4.79 Å². The number of amides is 1. The summed E-state index contributed by atoms with van der Waals surface area (Å²) in [6, 6.07) is 10.4. The molecule has 0 bridgehead atoms. The van der Waals surface area contributed by atoms with Crippen LogP contribution in [0.2, 0.25) is 0 Å². The van der Waals surface area contributed by atoms with Crippen LogP contribution in [0.4, 0.5) is 11.5 Å². The zero-order valence-corrected chi connectivity index (χ0v) is 20.6. The molecule has 0 saturated heterocycles. The minimum atomic E-state index is -0.214. The molecule has 2 aliphatic heterocycles. The van der Waals surface area contributed by atoms with Gasteiger partial charge in [-0.2, -0.15) is 0 Å². The summed E-state index contributed by atoms with van der Waals surface area (Å²) in [6.45, 7) is 8.93. The van der Waals surface area contributed by atoms with Gasteiger partial charge in [-0.1, -0.05) is 19.1 Å². The van der Waals surface area contributed by atoms with Gasteiger partial charge in [-0.3, -0.25) is 4.79 Å². The van der Waals surface area contributed by atoms with Crippen molar-refractivity contribution in [3.05, 3.63) is 53.0 Å². The normalized spacial score (nSPS) is 17.9. The van der Waals surface area contributed by atoms with Crippen LogP contribution in [-0.4, -0.2) is 38.7 Å². The number of hydrogen-bond donors (Lipinski definition) is 1. The van der Waals surface area contributed by atoms with Crippen LogP contribution in [0.15, 0.2) is 30.3 Å². The molecule has 2 N–H and O–H groups in total. The molecule has 8 heteroatoms. The van der Waals surface area contributed by atoms with E-state index in [4.69, 9.17) is 10.7 Å². The lowest BCUT2D eigenvalue weighted by atomic mass is 10.0. The lowest BCUT2D eigenvalue weighted by molar-refractivity contribution is 0.0996. The summed E-state index contributed by atoms with van der Waals surface area (Å²) in [4.78, 5) is 22.5. The highest BCUT2D eigenvalue weighted by Crippen LogP contribution is 2.37. The number of nitrogens with zero attached hydrogens (tertiary/aromatic N) is 6. The predicted molar refractivity (Wildman–Crippen MR) is 134 cm³/mol. The molecule has 34 heavy (non-hydrogen) atoms. The second-order valence-corrected chi connectivity index (χ2v) is 9.75. The van der Waals surface area contributed by atoms with Gasteiger partial charge in [0.2, 0.25) is 0 Å². The lowest BCUT2D eigenvalue weighted by Crippen LogP contribution is -2.28. The molecule has 3 aromatic rings. The standard InChI is InChI=1S/C26H33N7O/c1-6-21(27)24-20-14-32(26(34)19(20)13-23(28-24)31(5)15(2)3)18-9-7-8-17(12-18)25-30-29-22-11-10-16(4)33(22)25/h7-9,12-13,15-16,21H,6,10-11,14,27H2,1-5H3/t16-,21?/m0/s1. The highest BCUT2D eigenvalue weighted by molar-refractivity contribution is 6.10. The van der Waals surface area contributed by atoms with E-state index in [2.05, 4.69) is 40.4 Å². The molecule has 178 valence electrons. The van der Waals surface area contributed by atoms with Crippen molar-refractivity contribution in [3.8, 4) is 11.4 Å². The van der Waals surface area contributed by atoms with E-state index in [1.807, 2.05) is 49.2 Å². The summed E-state index contributed by atoms with van der Waals surface area (Å²) in [5.41, 5.74) is 10.7. The number of aryl methyl sites for hydroxylation is 1. The van der Waals surface area contributed by atoms with Crippen LogP contribution in [0.3, 0.4) is 0 Å². The molecule has 1 aromatic carbocycles. The first-order valence-corrected chi connectivity index (χ1v) is 12.2. The van der Waals surface area contributed by atoms with E-state index in [1.54, 1.807) is 0 Å². The van der Waals surface area contributed by atoms with Crippen molar-refractivity contribution >= 4 is 17.4 Å². The smallest absolute Gasteiger partial charge is 0.259 e. The number of carbonyl (C=O) groups is 1. The molecule has 0 saturated carbocycles. The topological polar surface area (TPSA) is 93.2 Å². The van der Waals surface area contributed by atoms with Crippen LogP contribution in [0.1, 0.15) is 80.1 Å². The van der Waals surface area contributed by atoms with Crippen molar-refractivity contribution in [1.82, 2.24) is 19.7 Å². The fraction of sp³-hybridized carbons (Fsp3) is 0.462. The Hall–Kier alpha value is -3.26. The highest BCUT2D eigenvalue weighted by Gasteiger charge is 2.34. The molecule has 5 rings (SSSR count). The number of carbonyl (C=O) groups excluding carboxylic acids is 1. The first-order chi connectivity index (χ1) is 16.3. The number of hydrogen-bond acceptors (Lipinski definition) is 6. The predicted octanol–water partition coefficient (Wildman–Crippen LogP) is 4.26. The Morgan fingerprint density at radius 3 is 2.76 bits per heavy atom. The van der Waals surface area contributed by atoms with Crippen LogP contribution in [0.25, 0.3) is 11.4 Å². The summed E-state index contributed by atoms with van der Waals surface area (Å²) in [7, 11) is 2.00. The summed E-state index contributed by atoms with van der Waals surface area (Å²) >= 11 is 0. The molecule has 4 heterocycles. The van der Waals surface area contributed by atoms with Crippen molar-refractivity contribution in [1.29, 1.82) is 0 Å². The van der Waals surface area contributed by atoms with E-state index >= 15 is 0 Å². The first-order valence-electron chi connectivity index (χ1n) is 12.2. The van der Waals surface area contributed by atoms with Crippen LogP contribution in [0, 0.1) is 0 Å². The van der Waals surface area contributed by atoms with Gasteiger partial charge in [-0.15, -0.1) is 10.2 Å². The Morgan fingerprint density at radius 2 is 2.03 bits per heavy atom. The van der Waals surface area contributed by atoms with Gasteiger partial charge in [0.05, 0.1) is 17.8 Å². The molecule has 0 aliphatic carbocycles. The SMILES string of the molecule is CCC(N)c1nc(N(C)C(C)C)cc2c1CN(c1cccc(-c3nnc4n3[C@@H](C)CC4)c1)C2=O. The fourth-order valence-electron chi connectivity index (χ4n) is 4.90. The van der Waals surface area contributed by atoms with Crippen LogP contribution in [0.5, 0.6) is 0 Å². The molecule has 1 unspecified atom stereocenters. The largest absolute Gasteiger partial charge is 0.357 e. The third-order valence-corrected chi connectivity index (χ3v) is 7.27. The van der Waals surface area contributed by atoms with Gasteiger partial charge in [0.1, 0.15) is 11.6 Å². The van der Waals surface area contributed by atoms with Gasteiger partial charge < -0.3 is 20.1 Å². The van der Waals surface area contributed by atoms with Crippen LogP contribution in [-0.2, 0) is 13.0 Å². The zero-order chi connectivity index (χ0) is 24.1. The molecule has 0 radical (unpaired) electrons. The van der Waals surface area contributed by atoms with Crippen LogP contribution >= 0.6 is 0 Å². The molecule has 8 nitrogen and oxygen atoms in total. The second-order valence-electron chi connectivity index (χ2n) is 9.75. The monoisotopic (exact) mass is 459 g/mol. The molecule has 0 spiro atoms. The van der Waals surface area contributed by atoms with Gasteiger partial charge >= 0.3 is 0 Å².